The number of hydrogen-bond donors (Lipinski definition) is 2. The molecule has 0 radical (unpaired) electrons. The Labute approximate surface area is 153 Å². The molecule has 2 aromatic carbocycles. The van der Waals surface area contributed by atoms with Gasteiger partial charge in [-0.25, -0.2) is 12.7 Å². The van der Waals surface area contributed by atoms with Gasteiger partial charge in [0.05, 0.1) is 4.90 Å². The van der Waals surface area contributed by atoms with Gasteiger partial charge in [0.25, 0.3) is 5.91 Å². The lowest BCUT2D eigenvalue weighted by atomic mass is 10.2. The Morgan fingerprint density at radius 3 is 2.15 bits per heavy atom. The zero-order valence-corrected chi connectivity index (χ0v) is 15.4. The van der Waals surface area contributed by atoms with Crippen LogP contribution in [0.15, 0.2) is 59.5 Å². The second-order valence-corrected chi connectivity index (χ2v) is 7.88. The lowest BCUT2D eigenvalue weighted by Gasteiger charge is -2.12. The molecule has 0 aliphatic rings. The van der Waals surface area contributed by atoms with E-state index in [1.54, 1.807) is 24.3 Å². The van der Waals surface area contributed by atoms with Gasteiger partial charge in [-0.1, -0.05) is 18.2 Å². The van der Waals surface area contributed by atoms with Gasteiger partial charge >= 0.3 is 0 Å². The molecule has 2 rings (SSSR count). The van der Waals surface area contributed by atoms with E-state index in [0.29, 0.717) is 11.3 Å². The smallest absolute Gasteiger partial charge is 0.251 e. The van der Waals surface area contributed by atoms with Gasteiger partial charge in [0.2, 0.25) is 15.9 Å². The fourth-order valence-electron chi connectivity index (χ4n) is 2.13. The van der Waals surface area contributed by atoms with E-state index in [1.165, 1.54) is 38.4 Å². The van der Waals surface area contributed by atoms with E-state index in [0.717, 1.165) is 4.31 Å². The zero-order chi connectivity index (χ0) is 19.2. The van der Waals surface area contributed by atoms with Crippen molar-refractivity contribution in [3.05, 3.63) is 60.2 Å². The normalized spacial score (nSPS) is 11.2. The Kier molecular flexibility index (Phi) is 6.48. The maximum absolute atomic E-state index is 12.0. The summed E-state index contributed by atoms with van der Waals surface area (Å²) in [5, 5.41) is 5.34. The Morgan fingerprint density at radius 2 is 1.58 bits per heavy atom. The van der Waals surface area contributed by atoms with Gasteiger partial charge in [0, 0.05) is 38.3 Å². The number of carbonyl (C=O) groups excluding carboxylic acids is 2. The Bertz CT molecular complexity index is 863. The van der Waals surface area contributed by atoms with Crippen LogP contribution in [-0.2, 0) is 14.8 Å². The van der Waals surface area contributed by atoms with Crippen LogP contribution in [0.3, 0.4) is 0 Å². The minimum Gasteiger partial charge on any atom is -0.352 e. The predicted octanol–water partition coefficient (Wildman–Crippen LogP) is 1.70. The summed E-state index contributed by atoms with van der Waals surface area (Å²) in [6, 6.07) is 14.7. The first-order chi connectivity index (χ1) is 12.3. The van der Waals surface area contributed by atoms with Crippen LogP contribution in [-0.4, -0.2) is 45.2 Å². The molecule has 0 aromatic heterocycles. The van der Waals surface area contributed by atoms with Crippen molar-refractivity contribution in [2.45, 2.75) is 11.3 Å². The average molecular weight is 375 g/mol. The van der Waals surface area contributed by atoms with Crippen molar-refractivity contribution in [3.63, 3.8) is 0 Å². The summed E-state index contributed by atoms with van der Waals surface area (Å²) in [7, 11) is -0.593. The quantitative estimate of drug-likeness (QED) is 0.770. The lowest BCUT2D eigenvalue weighted by molar-refractivity contribution is -0.116. The summed E-state index contributed by atoms with van der Waals surface area (Å²) >= 11 is 0. The molecule has 0 atom stereocenters. The van der Waals surface area contributed by atoms with Gasteiger partial charge in [0.1, 0.15) is 0 Å². The first-order valence-electron chi connectivity index (χ1n) is 7.96. The zero-order valence-electron chi connectivity index (χ0n) is 14.6. The summed E-state index contributed by atoms with van der Waals surface area (Å²) in [5.74, 6) is -0.516. The van der Waals surface area contributed by atoms with E-state index < -0.39 is 10.0 Å². The molecular weight excluding hydrogens is 354 g/mol. The predicted molar refractivity (Wildman–Crippen MR) is 99.3 cm³/mol. The molecule has 0 heterocycles. The molecule has 26 heavy (non-hydrogen) atoms. The Hall–Kier alpha value is -2.71. The molecular formula is C18H21N3O4S. The molecule has 2 amide bonds. The van der Waals surface area contributed by atoms with Crippen molar-refractivity contribution in [3.8, 4) is 0 Å². The third-order valence-electron chi connectivity index (χ3n) is 3.59. The third-order valence-corrected chi connectivity index (χ3v) is 5.42. The summed E-state index contributed by atoms with van der Waals surface area (Å²) in [6.45, 7) is 0.201. The number of benzene rings is 2. The largest absolute Gasteiger partial charge is 0.352 e. The second-order valence-electron chi connectivity index (χ2n) is 5.73. The Morgan fingerprint density at radius 1 is 0.962 bits per heavy atom. The van der Waals surface area contributed by atoms with Crippen molar-refractivity contribution in [2.24, 2.45) is 0 Å². The number of sulfonamides is 1. The van der Waals surface area contributed by atoms with Crippen molar-refractivity contribution >= 4 is 27.5 Å². The van der Waals surface area contributed by atoms with Crippen molar-refractivity contribution in [1.29, 1.82) is 0 Å². The molecule has 0 spiro atoms. The number of rotatable bonds is 7. The monoisotopic (exact) mass is 375 g/mol. The SMILES string of the molecule is CN(C)S(=O)(=O)c1ccc(NC(=O)CCNC(=O)c2ccccc2)cc1. The molecule has 7 nitrogen and oxygen atoms in total. The van der Waals surface area contributed by atoms with Crippen LogP contribution >= 0.6 is 0 Å². The number of amides is 2. The van der Waals surface area contributed by atoms with Crippen LogP contribution in [0.5, 0.6) is 0 Å². The molecule has 0 bridgehead atoms. The molecule has 0 aliphatic heterocycles. The van der Waals surface area contributed by atoms with E-state index >= 15 is 0 Å². The summed E-state index contributed by atoms with van der Waals surface area (Å²) in [6.07, 6.45) is 0.107. The molecule has 0 fully saturated rings. The van der Waals surface area contributed by atoms with Crippen LogP contribution in [0.2, 0.25) is 0 Å². The highest BCUT2D eigenvalue weighted by Gasteiger charge is 2.16. The molecule has 138 valence electrons. The minimum absolute atomic E-state index is 0.107. The summed E-state index contributed by atoms with van der Waals surface area (Å²) < 4.78 is 25.1. The fraction of sp³-hybridized carbons (Fsp3) is 0.222. The highest BCUT2D eigenvalue weighted by molar-refractivity contribution is 7.89. The number of nitrogens with one attached hydrogen (secondary N) is 2. The van der Waals surface area contributed by atoms with E-state index in [-0.39, 0.29) is 29.7 Å². The maximum Gasteiger partial charge on any atom is 0.251 e. The number of nitrogens with zero attached hydrogens (tertiary/aromatic N) is 1. The van der Waals surface area contributed by atoms with E-state index in [9.17, 15) is 18.0 Å². The molecule has 2 aromatic rings. The van der Waals surface area contributed by atoms with Gasteiger partial charge in [-0.05, 0) is 36.4 Å². The minimum atomic E-state index is -3.50. The van der Waals surface area contributed by atoms with Crippen molar-refractivity contribution in [1.82, 2.24) is 9.62 Å². The van der Waals surface area contributed by atoms with Crippen LogP contribution < -0.4 is 10.6 Å². The van der Waals surface area contributed by atoms with Gasteiger partial charge in [-0.15, -0.1) is 0 Å². The topological polar surface area (TPSA) is 95.6 Å². The molecule has 0 aliphatic carbocycles. The van der Waals surface area contributed by atoms with Gasteiger partial charge in [-0.3, -0.25) is 9.59 Å². The average Bonchev–Trinajstić information content (AvgIpc) is 2.62. The van der Waals surface area contributed by atoms with Gasteiger partial charge in [-0.2, -0.15) is 0 Å². The fourth-order valence-corrected chi connectivity index (χ4v) is 3.03. The van der Waals surface area contributed by atoms with Crippen LogP contribution in [0, 0.1) is 0 Å². The lowest BCUT2D eigenvalue weighted by Crippen LogP contribution is -2.27. The van der Waals surface area contributed by atoms with E-state index in [2.05, 4.69) is 10.6 Å². The first-order valence-corrected chi connectivity index (χ1v) is 9.40. The molecule has 8 heteroatoms. The number of hydrogen-bond acceptors (Lipinski definition) is 4. The summed E-state index contributed by atoms with van der Waals surface area (Å²) in [4.78, 5) is 23.9. The highest BCUT2D eigenvalue weighted by Crippen LogP contribution is 2.16. The summed E-state index contributed by atoms with van der Waals surface area (Å²) in [5.41, 5.74) is 1.02. The Balaban J connectivity index is 1.84. The van der Waals surface area contributed by atoms with E-state index in [4.69, 9.17) is 0 Å². The second kappa shape index (κ2) is 8.59. The third kappa shape index (κ3) is 5.14. The molecule has 0 saturated carbocycles. The standard InChI is InChI=1S/C18H21N3O4S/c1-21(2)26(24,25)16-10-8-15(9-11-16)20-17(22)12-13-19-18(23)14-6-4-3-5-7-14/h3-11H,12-13H2,1-2H3,(H,19,23)(H,20,22). The maximum atomic E-state index is 12.0. The van der Waals surface area contributed by atoms with Crippen molar-refractivity contribution < 1.29 is 18.0 Å². The molecule has 0 unspecified atom stereocenters. The first kappa shape index (κ1) is 19.6. The number of anilines is 1. The van der Waals surface area contributed by atoms with Crippen molar-refractivity contribution in [2.75, 3.05) is 26.0 Å². The van der Waals surface area contributed by atoms with Crippen LogP contribution in [0.1, 0.15) is 16.8 Å². The van der Waals surface area contributed by atoms with Gasteiger partial charge < -0.3 is 10.6 Å². The van der Waals surface area contributed by atoms with Gasteiger partial charge in [0.15, 0.2) is 0 Å². The van der Waals surface area contributed by atoms with Crippen LogP contribution in [0.4, 0.5) is 5.69 Å². The molecule has 0 saturated heterocycles. The van der Waals surface area contributed by atoms with E-state index in [1.807, 2.05) is 6.07 Å². The molecule has 2 N–H and O–H groups in total. The van der Waals surface area contributed by atoms with Crippen LogP contribution in [0.25, 0.3) is 0 Å². The number of carbonyl (C=O) groups is 2. The highest BCUT2D eigenvalue weighted by atomic mass is 32.2.